The van der Waals surface area contributed by atoms with Crippen molar-refractivity contribution >= 4 is 17.5 Å². The fourth-order valence-corrected chi connectivity index (χ4v) is 3.31. The van der Waals surface area contributed by atoms with Crippen molar-refractivity contribution < 1.29 is 22.4 Å². The molecule has 1 saturated heterocycles. The molecule has 0 aliphatic carbocycles. The van der Waals surface area contributed by atoms with Crippen molar-refractivity contribution in [2.24, 2.45) is 0 Å². The normalized spacial score (nSPS) is 18.6. The Morgan fingerprint density at radius 3 is 2.69 bits per heavy atom. The first-order valence-electron chi connectivity index (χ1n) is 9.11. The summed E-state index contributed by atoms with van der Waals surface area (Å²) in [6.45, 7) is 3.74. The summed E-state index contributed by atoms with van der Waals surface area (Å²) in [5.74, 6) is 0.357. The van der Waals surface area contributed by atoms with Crippen LogP contribution in [0, 0.1) is 0 Å². The fraction of sp³-hybridized carbons (Fsp3) is 0.474. The lowest BCUT2D eigenvalue weighted by Crippen LogP contribution is -2.61. The molecule has 1 fully saturated rings. The van der Waals surface area contributed by atoms with Gasteiger partial charge in [-0.2, -0.15) is 13.2 Å². The molecule has 3 rings (SSSR count). The van der Waals surface area contributed by atoms with E-state index in [1.54, 1.807) is 18.3 Å². The van der Waals surface area contributed by atoms with Crippen LogP contribution in [-0.4, -0.2) is 54.2 Å². The molecule has 0 bridgehead atoms. The Labute approximate surface area is 171 Å². The molecule has 1 aromatic carbocycles. The first kappa shape index (κ1) is 21.6. The van der Waals surface area contributed by atoms with Crippen LogP contribution in [0.4, 0.5) is 13.2 Å². The van der Waals surface area contributed by atoms with E-state index in [1.165, 1.54) is 0 Å². The molecule has 1 aliphatic rings. The van der Waals surface area contributed by atoms with Gasteiger partial charge < -0.3 is 15.1 Å². The van der Waals surface area contributed by atoms with Gasteiger partial charge in [0.2, 0.25) is 11.8 Å². The second-order valence-corrected chi connectivity index (χ2v) is 7.82. The highest BCUT2D eigenvalue weighted by Crippen LogP contribution is 2.31. The van der Waals surface area contributed by atoms with E-state index >= 15 is 0 Å². The number of benzene rings is 1. The van der Waals surface area contributed by atoms with Crippen LogP contribution in [-0.2, 0) is 10.3 Å². The number of carbonyl (C=O) groups is 1. The maximum absolute atomic E-state index is 12.4. The summed E-state index contributed by atoms with van der Waals surface area (Å²) in [7, 11) is 0. The molecule has 1 atom stereocenters. The van der Waals surface area contributed by atoms with Crippen molar-refractivity contribution in [2.75, 3.05) is 26.2 Å². The molecule has 2 aromatic rings. The van der Waals surface area contributed by atoms with Gasteiger partial charge >= 0.3 is 6.18 Å². The Hall–Kier alpha value is -2.10. The minimum Gasteiger partial charge on any atom is -0.439 e. The third-order valence-electron chi connectivity index (χ3n) is 4.90. The minimum atomic E-state index is -4.44. The summed E-state index contributed by atoms with van der Waals surface area (Å²) in [5, 5.41) is 5.51. The van der Waals surface area contributed by atoms with Gasteiger partial charge in [-0.1, -0.05) is 11.6 Å². The molecule has 0 saturated carbocycles. The molecular formula is C19H22ClF3N4O2. The summed E-state index contributed by atoms with van der Waals surface area (Å²) in [6, 6.07) is 6.41. The Balaban J connectivity index is 1.70. The van der Waals surface area contributed by atoms with E-state index < -0.39 is 30.2 Å². The smallest absolute Gasteiger partial charge is 0.405 e. The minimum absolute atomic E-state index is 0.231. The zero-order chi connectivity index (χ0) is 21.2. The van der Waals surface area contributed by atoms with Gasteiger partial charge in [0.15, 0.2) is 5.76 Å². The van der Waals surface area contributed by atoms with Crippen molar-refractivity contribution in [3.8, 4) is 11.3 Å². The topological polar surface area (TPSA) is 70.4 Å². The van der Waals surface area contributed by atoms with Crippen molar-refractivity contribution in [3.63, 3.8) is 0 Å². The van der Waals surface area contributed by atoms with Gasteiger partial charge in [-0.15, -0.1) is 0 Å². The molecule has 6 nitrogen and oxygen atoms in total. The molecule has 29 heavy (non-hydrogen) atoms. The number of piperazine rings is 1. The fourth-order valence-electron chi connectivity index (χ4n) is 3.18. The second-order valence-electron chi connectivity index (χ2n) is 7.38. The number of hydrogen-bond acceptors (Lipinski definition) is 5. The average molecular weight is 431 g/mol. The standard InChI is InChI=1S/C19H22ClF3N4O2/c1-18(2,17-25-9-15(29-17)12-3-5-13(20)6-4-12)27-8-7-24-14(10-27)16(28)26-11-19(21,22)23/h3-6,9,14,24H,7-8,10-11H2,1-2H3,(H,26,28)/t14-/m0/s1. The van der Waals surface area contributed by atoms with Crippen LogP contribution in [0.15, 0.2) is 34.9 Å². The highest BCUT2D eigenvalue weighted by Gasteiger charge is 2.39. The van der Waals surface area contributed by atoms with Gasteiger partial charge in [0, 0.05) is 30.2 Å². The molecule has 1 aliphatic heterocycles. The molecule has 158 valence electrons. The summed E-state index contributed by atoms with van der Waals surface area (Å²) >= 11 is 5.91. The number of carbonyl (C=O) groups excluding carboxylic acids is 1. The van der Waals surface area contributed by atoms with E-state index in [2.05, 4.69) is 10.3 Å². The average Bonchev–Trinajstić information content (AvgIpc) is 3.17. The van der Waals surface area contributed by atoms with Crippen LogP contribution in [0.1, 0.15) is 19.7 Å². The number of nitrogens with one attached hydrogen (secondary N) is 2. The summed E-state index contributed by atoms with van der Waals surface area (Å²) in [5.41, 5.74) is 0.170. The lowest BCUT2D eigenvalue weighted by Gasteiger charge is -2.41. The Kier molecular flexibility index (Phi) is 6.21. The number of halogens is 4. The van der Waals surface area contributed by atoms with Crippen LogP contribution < -0.4 is 10.6 Å². The SMILES string of the molecule is CC(C)(c1ncc(-c2ccc(Cl)cc2)o1)N1CCN[C@H](C(=O)NCC(F)(F)F)C1. The summed E-state index contributed by atoms with van der Waals surface area (Å²) in [4.78, 5) is 18.5. The third-order valence-corrected chi connectivity index (χ3v) is 5.16. The van der Waals surface area contributed by atoms with Gasteiger partial charge in [0.25, 0.3) is 0 Å². The third kappa shape index (κ3) is 5.29. The van der Waals surface area contributed by atoms with Crippen LogP contribution in [0.3, 0.4) is 0 Å². The van der Waals surface area contributed by atoms with Crippen LogP contribution in [0.25, 0.3) is 11.3 Å². The first-order valence-corrected chi connectivity index (χ1v) is 9.49. The molecule has 0 radical (unpaired) electrons. The van der Waals surface area contributed by atoms with Gasteiger partial charge in [0.1, 0.15) is 6.54 Å². The van der Waals surface area contributed by atoms with Gasteiger partial charge in [-0.05, 0) is 38.1 Å². The molecule has 0 unspecified atom stereocenters. The Bertz CT molecular complexity index is 852. The molecule has 2 heterocycles. The zero-order valence-electron chi connectivity index (χ0n) is 16.0. The van der Waals surface area contributed by atoms with Crippen LogP contribution in [0.5, 0.6) is 0 Å². The molecule has 1 aromatic heterocycles. The molecule has 2 N–H and O–H groups in total. The highest BCUT2D eigenvalue weighted by molar-refractivity contribution is 6.30. The predicted octanol–water partition coefficient (Wildman–Crippen LogP) is 3.18. The Morgan fingerprint density at radius 1 is 1.34 bits per heavy atom. The number of nitrogens with zero attached hydrogens (tertiary/aromatic N) is 2. The van der Waals surface area contributed by atoms with E-state index in [9.17, 15) is 18.0 Å². The lowest BCUT2D eigenvalue weighted by atomic mass is 10.00. The predicted molar refractivity (Wildman–Crippen MR) is 102 cm³/mol. The summed E-state index contributed by atoms with van der Waals surface area (Å²) < 4.78 is 43.0. The van der Waals surface area contributed by atoms with Crippen molar-refractivity contribution in [2.45, 2.75) is 31.6 Å². The zero-order valence-corrected chi connectivity index (χ0v) is 16.8. The van der Waals surface area contributed by atoms with Crippen LogP contribution in [0.2, 0.25) is 5.02 Å². The second kappa shape index (κ2) is 8.33. The van der Waals surface area contributed by atoms with Crippen molar-refractivity contribution in [3.05, 3.63) is 41.4 Å². The molecule has 10 heteroatoms. The number of oxazole rings is 1. The monoisotopic (exact) mass is 430 g/mol. The Morgan fingerprint density at radius 2 is 2.03 bits per heavy atom. The molecular weight excluding hydrogens is 409 g/mol. The van der Waals surface area contributed by atoms with E-state index in [0.29, 0.717) is 29.8 Å². The number of hydrogen-bond donors (Lipinski definition) is 2. The van der Waals surface area contributed by atoms with E-state index in [0.717, 1.165) is 5.56 Å². The van der Waals surface area contributed by atoms with Gasteiger partial charge in [0.05, 0.1) is 17.8 Å². The van der Waals surface area contributed by atoms with Crippen molar-refractivity contribution in [1.82, 2.24) is 20.5 Å². The first-order chi connectivity index (χ1) is 13.6. The molecule has 0 spiro atoms. The largest absolute Gasteiger partial charge is 0.439 e. The number of alkyl halides is 3. The van der Waals surface area contributed by atoms with Crippen molar-refractivity contribution in [1.29, 1.82) is 0 Å². The maximum Gasteiger partial charge on any atom is 0.405 e. The quantitative estimate of drug-likeness (QED) is 0.762. The van der Waals surface area contributed by atoms with Crippen LogP contribution >= 0.6 is 11.6 Å². The van der Waals surface area contributed by atoms with Gasteiger partial charge in [-0.3, -0.25) is 9.69 Å². The summed E-state index contributed by atoms with van der Waals surface area (Å²) in [6.07, 6.45) is -2.82. The van der Waals surface area contributed by atoms with E-state index in [-0.39, 0.29) is 6.54 Å². The maximum atomic E-state index is 12.4. The van der Waals surface area contributed by atoms with Gasteiger partial charge in [-0.25, -0.2) is 4.98 Å². The lowest BCUT2D eigenvalue weighted by molar-refractivity contribution is -0.140. The number of rotatable bonds is 5. The highest BCUT2D eigenvalue weighted by atomic mass is 35.5. The number of aromatic nitrogens is 1. The molecule has 1 amide bonds. The van der Waals surface area contributed by atoms with E-state index in [4.69, 9.17) is 16.0 Å². The van der Waals surface area contributed by atoms with E-state index in [1.807, 2.05) is 36.2 Å². The number of amides is 1.